The number of carbonyl (C=O) groups excluding carboxylic acids is 2. The van der Waals surface area contributed by atoms with Crippen molar-refractivity contribution < 1.29 is 14.3 Å². The van der Waals surface area contributed by atoms with Gasteiger partial charge < -0.3 is 14.2 Å². The number of piperidine rings is 1. The first kappa shape index (κ1) is 24.8. The lowest BCUT2D eigenvalue weighted by Gasteiger charge is -2.32. The SMILES string of the molecule is CCOC(=O)c1cc(-c2ccccc2)n(CCCC(=O)N2CCC(Cc3ccccc3)CC2)c1C. The zero-order chi connectivity index (χ0) is 24.6. The van der Waals surface area contributed by atoms with Gasteiger partial charge in [-0.15, -0.1) is 0 Å². The van der Waals surface area contributed by atoms with E-state index >= 15 is 0 Å². The second kappa shape index (κ2) is 11.9. The lowest BCUT2D eigenvalue weighted by Crippen LogP contribution is -2.38. The summed E-state index contributed by atoms with van der Waals surface area (Å²) in [5.41, 5.74) is 4.91. The third-order valence-corrected chi connectivity index (χ3v) is 7.04. The molecule has 0 bridgehead atoms. The molecule has 1 aromatic heterocycles. The van der Waals surface area contributed by atoms with E-state index in [1.54, 1.807) is 0 Å². The number of hydrogen-bond donors (Lipinski definition) is 0. The normalized spacial score (nSPS) is 14.2. The van der Waals surface area contributed by atoms with Crippen LogP contribution in [0.15, 0.2) is 66.7 Å². The maximum absolute atomic E-state index is 12.9. The van der Waals surface area contributed by atoms with Gasteiger partial charge in [-0.2, -0.15) is 0 Å². The molecule has 1 saturated heterocycles. The summed E-state index contributed by atoms with van der Waals surface area (Å²) in [5, 5.41) is 0. The summed E-state index contributed by atoms with van der Waals surface area (Å²) in [5.74, 6) is 0.592. The molecule has 0 saturated carbocycles. The number of benzene rings is 2. The largest absolute Gasteiger partial charge is 0.462 e. The second-order valence-electron chi connectivity index (χ2n) is 9.38. The Bertz CT molecular complexity index is 1110. The Kier molecular flexibility index (Phi) is 8.40. The number of ether oxygens (including phenoxy) is 1. The molecule has 1 aliphatic heterocycles. The fraction of sp³-hybridized carbons (Fsp3) is 0.400. The van der Waals surface area contributed by atoms with Crippen molar-refractivity contribution in [2.45, 2.75) is 52.5 Å². The molecule has 2 heterocycles. The van der Waals surface area contributed by atoms with Crippen molar-refractivity contribution in [2.75, 3.05) is 19.7 Å². The molecule has 184 valence electrons. The van der Waals surface area contributed by atoms with E-state index in [4.69, 9.17) is 4.74 Å². The van der Waals surface area contributed by atoms with E-state index in [9.17, 15) is 9.59 Å². The fourth-order valence-electron chi connectivity index (χ4n) is 5.08. The van der Waals surface area contributed by atoms with Crippen LogP contribution in [0.4, 0.5) is 0 Å². The number of rotatable bonds is 9. The van der Waals surface area contributed by atoms with Gasteiger partial charge in [0.2, 0.25) is 5.91 Å². The molecule has 0 N–H and O–H groups in total. The standard InChI is InChI=1S/C30H36N2O3/c1-3-35-30(34)27-22-28(26-13-8-5-9-14-26)32(23(27)2)18-10-15-29(33)31-19-16-25(17-20-31)21-24-11-6-4-7-12-24/h4-9,11-14,22,25H,3,10,15-21H2,1-2H3. The number of aromatic nitrogens is 1. The Balaban J connectivity index is 1.34. The first-order chi connectivity index (χ1) is 17.1. The maximum Gasteiger partial charge on any atom is 0.339 e. The van der Waals surface area contributed by atoms with Gasteiger partial charge in [0.15, 0.2) is 0 Å². The maximum atomic E-state index is 12.9. The molecule has 0 radical (unpaired) electrons. The molecule has 3 aromatic rings. The van der Waals surface area contributed by atoms with Gasteiger partial charge in [0.1, 0.15) is 0 Å². The van der Waals surface area contributed by atoms with Gasteiger partial charge in [-0.1, -0.05) is 60.7 Å². The Morgan fingerprint density at radius 3 is 2.29 bits per heavy atom. The molecule has 2 aromatic carbocycles. The average Bonchev–Trinajstić information content (AvgIpc) is 3.22. The Hall–Kier alpha value is -3.34. The van der Waals surface area contributed by atoms with Gasteiger partial charge in [-0.05, 0) is 62.6 Å². The number of amides is 1. The van der Waals surface area contributed by atoms with E-state index in [1.807, 2.05) is 55.1 Å². The quantitative estimate of drug-likeness (QED) is 0.364. The Labute approximate surface area is 208 Å². The summed E-state index contributed by atoms with van der Waals surface area (Å²) in [6.45, 7) is 6.51. The van der Waals surface area contributed by atoms with Crippen LogP contribution in [0.25, 0.3) is 11.3 Å². The minimum absolute atomic E-state index is 0.236. The molecule has 0 aliphatic carbocycles. The number of nitrogens with zero attached hydrogens (tertiary/aromatic N) is 2. The lowest BCUT2D eigenvalue weighted by molar-refractivity contribution is -0.132. The fourth-order valence-corrected chi connectivity index (χ4v) is 5.08. The van der Waals surface area contributed by atoms with Crippen molar-refractivity contribution in [2.24, 2.45) is 5.92 Å². The summed E-state index contributed by atoms with van der Waals surface area (Å²) in [6.07, 6.45) is 4.49. The van der Waals surface area contributed by atoms with Crippen molar-refractivity contribution in [3.63, 3.8) is 0 Å². The van der Waals surface area contributed by atoms with E-state index in [0.717, 1.165) is 55.7 Å². The van der Waals surface area contributed by atoms with Crippen LogP contribution in [0.5, 0.6) is 0 Å². The lowest BCUT2D eigenvalue weighted by atomic mass is 9.90. The summed E-state index contributed by atoms with van der Waals surface area (Å²) in [7, 11) is 0. The monoisotopic (exact) mass is 472 g/mol. The van der Waals surface area contributed by atoms with Gasteiger partial charge in [0.25, 0.3) is 0 Å². The first-order valence-corrected chi connectivity index (χ1v) is 12.8. The second-order valence-corrected chi connectivity index (χ2v) is 9.38. The summed E-state index contributed by atoms with van der Waals surface area (Å²) in [4.78, 5) is 27.5. The van der Waals surface area contributed by atoms with Crippen LogP contribution in [0.2, 0.25) is 0 Å². The van der Waals surface area contributed by atoms with Gasteiger partial charge in [0.05, 0.1) is 12.2 Å². The molecule has 1 aliphatic rings. The van der Waals surface area contributed by atoms with E-state index in [-0.39, 0.29) is 11.9 Å². The molecule has 0 unspecified atom stereocenters. The Morgan fingerprint density at radius 1 is 0.971 bits per heavy atom. The molecule has 35 heavy (non-hydrogen) atoms. The molecule has 1 fully saturated rings. The molecular formula is C30H36N2O3. The van der Waals surface area contributed by atoms with Crippen molar-refractivity contribution in [3.05, 3.63) is 83.6 Å². The molecule has 0 spiro atoms. The van der Waals surface area contributed by atoms with E-state index < -0.39 is 0 Å². The van der Waals surface area contributed by atoms with Crippen molar-refractivity contribution >= 4 is 11.9 Å². The molecule has 5 heteroatoms. The zero-order valence-corrected chi connectivity index (χ0v) is 20.9. The highest BCUT2D eigenvalue weighted by atomic mass is 16.5. The van der Waals surface area contributed by atoms with Crippen LogP contribution in [0, 0.1) is 12.8 Å². The van der Waals surface area contributed by atoms with Crippen LogP contribution >= 0.6 is 0 Å². The average molecular weight is 473 g/mol. The predicted molar refractivity (Wildman–Crippen MR) is 139 cm³/mol. The predicted octanol–water partition coefficient (Wildman–Crippen LogP) is 5.90. The molecular weight excluding hydrogens is 436 g/mol. The van der Waals surface area contributed by atoms with E-state index in [0.29, 0.717) is 31.1 Å². The van der Waals surface area contributed by atoms with Gasteiger partial charge >= 0.3 is 5.97 Å². The van der Waals surface area contributed by atoms with Crippen molar-refractivity contribution in [1.82, 2.24) is 9.47 Å². The van der Waals surface area contributed by atoms with Gasteiger partial charge in [-0.25, -0.2) is 4.79 Å². The number of likely N-dealkylation sites (tertiary alicyclic amines) is 1. The van der Waals surface area contributed by atoms with Crippen LogP contribution in [0.1, 0.15) is 54.2 Å². The molecule has 4 rings (SSSR count). The zero-order valence-electron chi connectivity index (χ0n) is 20.9. The van der Waals surface area contributed by atoms with Crippen molar-refractivity contribution in [1.29, 1.82) is 0 Å². The highest BCUT2D eigenvalue weighted by molar-refractivity contribution is 5.92. The van der Waals surface area contributed by atoms with Crippen LogP contribution in [-0.4, -0.2) is 41.0 Å². The van der Waals surface area contributed by atoms with Crippen LogP contribution in [0.3, 0.4) is 0 Å². The molecule has 1 amide bonds. The molecule has 0 atom stereocenters. The summed E-state index contributed by atoms with van der Waals surface area (Å²) in [6, 6.07) is 22.6. The van der Waals surface area contributed by atoms with Crippen LogP contribution in [-0.2, 0) is 22.5 Å². The molecule has 5 nitrogen and oxygen atoms in total. The minimum Gasteiger partial charge on any atom is -0.462 e. The van der Waals surface area contributed by atoms with Crippen molar-refractivity contribution in [3.8, 4) is 11.3 Å². The highest BCUT2D eigenvalue weighted by Gasteiger charge is 2.23. The third-order valence-electron chi connectivity index (χ3n) is 7.04. The van der Waals surface area contributed by atoms with Gasteiger partial charge in [-0.3, -0.25) is 4.79 Å². The summed E-state index contributed by atoms with van der Waals surface area (Å²) < 4.78 is 7.42. The highest BCUT2D eigenvalue weighted by Crippen LogP contribution is 2.27. The minimum atomic E-state index is -0.296. The number of esters is 1. The Morgan fingerprint density at radius 2 is 1.63 bits per heavy atom. The topological polar surface area (TPSA) is 51.5 Å². The van der Waals surface area contributed by atoms with E-state index in [1.165, 1.54) is 5.56 Å². The number of carbonyl (C=O) groups is 2. The van der Waals surface area contributed by atoms with Gasteiger partial charge in [0, 0.05) is 37.4 Å². The smallest absolute Gasteiger partial charge is 0.339 e. The summed E-state index contributed by atoms with van der Waals surface area (Å²) >= 11 is 0. The van der Waals surface area contributed by atoms with Crippen LogP contribution < -0.4 is 0 Å². The first-order valence-electron chi connectivity index (χ1n) is 12.8. The third kappa shape index (κ3) is 6.21. The number of hydrogen-bond acceptors (Lipinski definition) is 3. The van der Waals surface area contributed by atoms with E-state index in [2.05, 4.69) is 34.9 Å².